The molecule has 0 heterocycles. The van der Waals surface area contributed by atoms with Gasteiger partial charge in [-0.25, -0.2) is 0 Å². The summed E-state index contributed by atoms with van der Waals surface area (Å²) in [6.45, 7) is 0. The largest absolute Gasteiger partial charge is 0.260 e. The average Bonchev–Trinajstić information content (AvgIpc) is 2.04. The molecule has 0 N–H and O–H groups in total. The summed E-state index contributed by atoms with van der Waals surface area (Å²) in [4.78, 5) is 1.23. The first-order valence-corrected chi connectivity index (χ1v) is 6.61. The van der Waals surface area contributed by atoms with Crippen LogP contribution in [0.2, 0.25) is 0 Å². The molecule has 0 bridgehead atoms. The second-order valence-corrected chi connectivity index (χ2v) is 4.81. The first-order chi connectivity index (χ1) is 5.74. The van der Waals surface area contributed by atoms with E-state index in [0.717, 1.165) is 0 Å². The molecule has 1 nitrogen and oxygen atoms in total. The van der Waals surface area contributed by atoms with Gasteiger partial charge in [-0.2, -0.15) is 0 Å². The molecule has 12 heavy (non-hydrogen) atoms. The van der Waals surface area contributed by atoms with Gasteiger partial charge in [-0.3, -0.25) is 4.21 Å². The molecule has 1 atom stereocenters. The molecule has 0 aliphatic carbocycles. The van der Waals surface area contributed by atoms with Crippen molar-refractivity contribution in [1.82, 2.24) is 0 Å². The first-order valence-electron chi connectivity index (χ1n) is 3.66. The second kappa shape index (κ2) is 4.67. The van der Waals surface area contributed by atoms with Crippen LogP contribution in [0.15, 0.2) is 29.2 Å². The summed E-state index contributed by atoms with van der Waals surface area (Å²) in [5, 5.41) is 0. The van der Waals surface area contributed by atoms with Crippen LogP contribution in [0, 0.1) is 0 Å². The molecule has 1 rings (SSSR count). The fraction of sp³-hybridized carbons (Fsp3) is 0.333. The Kier molecular flexibility index (Phi) is 3.82. The standard InChI is InChI=1S/C9H12OS2/c1-11-9-6-4-3-5-8(9)7-12(2)10/h3-6H,7H2,1-2H3. The molecule has 1 aromatic carbocycles. The van der Waals surface area contributed by atoms with Gasteiger partial charge in [0.2, 0.25) is 0 Å². The molecule has 1 unspecified atom stereocenters. The molecule has 0 aliphatic heterocycles. The van der Waals surface area contributed by atoms with Crippen molar-refractivity contribution in [3.63, 3.8) is 0 Å². The lowest BCUT2D eigenvalue weighted by molar-refractivity contribution is 0.686. The number of rotatable bonds is 3. The maximum atomic E-state index is 11.0. The van der Waals surface area contributed by atoms with Gasteiger partial charge in [0, 0.05) is 27.7 Å². The van der Waals surface area contributed by atoms with Crippen molar-refractivity contribution >= 4 is 22.6 Å². The summed E-state index contributed by atoms with van der Waals surface area (Å²) >= 11 is 1.70. The van der Waals surface area contributed by atoms with Gasteiger partial charge in [-0.1, -0.05) is 18.2 Å². The third kappa shape index (κ3) is 2.64. The van der Waals surface area contributed by atoms with Gasteiger partial charge in [-0.15, -0.1) is 11.8 Å². The molecule has 0 aliphatic rings. The summed E-state index contributed by atoms with van der Waals surface area (Å²) in [6.07, 6.45) is 3.77. The minimum Gasteiger partial charge on any atom is -0.260 e. The van der Waals surface area contributed by atoms with E-state index in [1.807, 2.05) is 24.5 Å². The van der Waals surface area contributed by atoms with Gasteiger partial charge < -0.3 is 0 Å². The summed E-state index contributed by atoms with van der Waals surface area (Å²) in [7, 11) is -0.742. The maximum Gasteiger partial charge on any atom is 0.0493 e. The van der Waals surface area contributed by atoms with Crippen LogP contribution < -0.4 is 0 Å². The quantitative estimate of drug-likeness (QED) is 0.696. The zero-order valence-electron chi connectivity index (χ0n) is 7.24. The van der Waals surface area contributed by atoms with Gasteiger partial charge >= 0.3 is 0 Å². The zero-order valence-corrected chi connectivity index (χ0v) is 8.87. The van der Waals surface area contributed by atoms with E-state index in [0.29, 0.717) is 5.75 Å². The van der Waals surface area contributed by atoms with E-state index in [2.05, 4.69) is 6.07 Å². The van der Waals surface area contributed by atoms with E-state index < -0.39 is 10.8 Å². The molecule has 0 aromatic heterocycles. The molecule has 0 saturated carbocycles. The minimum atomic E-state index is -0.742. The van der Waals surface area contributed by atoms with Crippen molar-refractivity contribution in [2.75, 3.05) is 12.5 Å². The Morgan fingerprint density at radius 1 is 1.42 bits per heavy atom. The average molecular weight is 200 g/mol. The Labute approximate surface area is 80.0 Å². The topological polar surface area (TPSA) is 17.1 Å². The third-order valence-corrected chi connectivity index (χ3v) is 3.11. The van der Waals surface area contributed by atoms with E-state index in [4.69, 9.17) is 0 Å². The van der Waals surface area contributed by atoms with Gasteiger partial charge in [0.25, 0.3) is 0 Å². The molecule has 0 amide bonds. The molecule has 0 fully saturated rings. The SMILES string of the molecule is CSc1ccccc1CS(C)=O. The van der Waals surface area contributed by atoms with E-state index in [9.17, 15) is 4.21 Å². The van der Waals surface area contributed by atoms with Crippen LogP contribution in [0.3, 0.4) is 0 Å². The van der Waals surface area contributed by atoms with Crippen molar-refractivity contribution < 1.29 is 4.21 Å². The van der Waals surface area contributed by atoms with Gasteiger partial charge in [0.05, 0.1) is 0 Å². The predicted molar refractivity (Wildman–Crippen MR) is 56.0 cm³/mol. The lowest BCUT2D eigenvalue weighted by atomic mass is 10.2. The molecule has 66 valence electrons. The van der Waals surface area contributed by atoms with Crippen LogP contribution in [-0.2, 0) is 16.6 Å². The Hall–Kier alpha value is -0.280. The lowest BCUT2D eigenvalue weighted by Gasteiger charge is -2.03. The van der Waals surface area contributed by atoms with Crippen molar-refractivity contribution in [2.24, 2.45) is 0 Å². The molecule has 1 aromatic rings. The highest BCUT2D eigenvalue weighted by molar-refractivity contribution is 7.98. The smallest absolute Gasteiger partial charge is 0.0493 e. The van der Waals surface area contributed by atoms with E-state index in [-0.39, 0.29) is 0 Å². The van der Waals surface area contributed by atoms with E-state index >= 15 is 0 Å². The molecule has 0 spiro atoms. The van der Waals surface area contributed by atoms with Gasteiger partial charge in [0.1, 0.15) is 0 Å². The van der Waals surface area contributed by atoms with E-state index in [1.165, 1.54) is 10.5 Å². The Balaban J connectivity index is 2.89. The number of hydrogen-bond donors (Lipinski definition) is 0. The highest BCUT2D eigenvalue weighted by Gasteiger charge is 2.01. The van der Waals surface area contributed by atoms with Crippen molar-refractivity contribution in [3.05, 3.63) is 29.8 Å². The lowest BCUT2D eigenvalue weighted by Crippen LogP contribution is -1.93. The third-order valence-electron chi connectivity index (χ3n) is 1.55. The number of hydrogen-bond acceptors (Lipinski definition) is 2. The summed E-state index contributed by atoms with van der Waals surface area (Å²) < 4.78 is 11.0. The predicted octanol–water partition coefficient (Wildman–Crippen LogP) is 2.29. The molecule has 0 radical (unpaired) electrons. The Morgan fingerprint density at radius 3 is 2.67 bits per heavy atom. The summed E-state index contributed by atoms with van der Waals surface area (Å²) in [6, 6.07) is 8.09. The number of benzene rings is 1. The minimum absolute atomic E-state index is 0.664. The van der Waals surface area contributed by atoms with Crippen LogP contribution in [0.1, 0.15) is 5.56 Å². The van der Waals surface area contributed by atoms with Gasteiger partial charge in [-0.05, 0) is 17.9 Å². The first kappa shape index (κ1) is 9.81. The fourth-order valence-corrected chi connectivity index (χ4v) is 2.44. The highest BCUT2D eigenvalue weighted by atomic mass is 32.2. The van der Waals surface area contributed by atoms with Crippen molar-refractivity contribution in [3.8, 4) is 0 Å². The van der Waals surface area contributed by atoms with Crippen molar-refractivity contribution in [2.45, 2.75) is 10.6 Å². The van der Waals surface area contributed by atoms with Crippen LogP contribution in [0.4, 0.5) is 0 Å². The maximum absolute atomic E-state index is 11.0. The number of thioether (sulfide) groups is 1. The molecule has 3 heteroatoms. The van der Waals surface area contributed by atoms with Gasteiger partial charge in [0.15, 0.2) is 0 Å². The molecule has 0 saturated heterocycles. The van der Waals surface area contributed by atoms with Crippen molar-refractivity contribution in [1.29, 1.82) is 0 Å². The Bertz CT molecular complexity index is 284. The second-order valence-electron chi connectivity index (χ2n) is 2.53. The summed E-state index contributed by atoms with van der Waals surface area (Å²) in [5.41, 5.74) is 1.19. The Morgan fingerprint density at radius 2 is 2.08 bits per heavy atom. The highest BCUT2D eigenvalue weighted by Crippen LogP contribution is 2.20. The normalized spacial score (nSPS) is 12.8. The van der Waals surface area contributed by atoms with E-state index in [1.54, 1.807) is 18.0 Å². The van der Waals surface area contributed by atoms with Crippen LogP contribution in [-0.4, -0.2) is 16.7 Å². The molecular formula is C9H12OS2. The summed E-state index contributed by atoms with van der Waals surface area (Å²) in [5.74, 6) is 0.664. The van der Waals surface area contributed by atoms with Crippen LogP contribution >= 0.6 is 11.8 Å². The van der Waals surface area contributed by atoms with Crippen LogP contribution in [0.5, 0.6) is 0 Å². The zero-order chi connectivity index (χ0) is 8.97. The monoisotopic (exact) mass is 200 g/mol. The fourth-order valence-electron chi connectivity index (χ4n) is 1.04. The molecular weight excluding hydrogens is 188 g/mol. The van der Waals surface area contributed by atoms with Crippen LogP contribution in [0.25, 0.3) is 0 Å².